The van der Waals surface area contributed by atoms with E-state index < -0.39 is 19.3 Å². The molecule has 0 heterocycles. The average molecular weight is 169 g/mol. The first kappa shape index (κ1) is 9.09. The summed E-state index contributed by atoms with van der Waals surface area (Å²) in [5, 5.41) is 0. The van der Waals surface area contributed by atoms with Gasteiger partial charge < -0.3 is 8.85 Å². The second-order valence-corrected chi connectivity index (χ2v) is 5.77. The minimum absolute atomic E-state index is 1.05. The van der Waals surface area contributed by atoms with E-state index >= 15 is 0 Å². The topological polar surface area (TPSA) is 55.4 Å². The Morgan fingerprint density at radius 2 is 2.00 bits per heavy atom. The number of hydrogen-bond acceptors (Lipinski definition) is 4. The van der Waals surface area contributed by atoms with Gasteiger partial charge in [-0.1, -0.05) is 0 Å². The maximum atomic E-state index is 10.4. The van der Waals surface area contributed by atoms with Crippen molar-refractivity contribution in [2.45, 2.75) is 6.55 Å². The van der Waals surface area contributed by atoms with Crippen LogP contribution in [0.15, 0.2) is 0 Å². The lowest BCUT2D eigenvalue weighted by molar-refractivity contribution is 0.495. The first-order valence-electron chi connectivity index (χ1n) is 2.51. The van der Waals surface area contributed by atoms with Crippen LogP contribution in [0.25, 0.3) is 0 Å². The molecular formula is C3H11NO3SSi. The third-order valence-corrected chi connectivity index (χ3v) is 4.09. The van der Waals surface area contributed by atoms with Gasteiger partial charge in [0.05, 0.1) is 6.26 Å². The molecule has 0 aliphatic rings. The summed E-state index contributed by atoms with van der Waals surface area (Å²) in [6.07, 6.45) is 1.05. The van der Waals surface area contributed by atoms with Gasteiger partial charge in [-0.3, -0.25) is 0 Å². The van der Waals surface area contributed by atoms with Crippen LogP contribution in [0.1, 0.15) is 0 Å². The lowest BCUT2D eigenvalue weighted by atomic mass is 11.6. The highest BCUT2D eigenvalue weighted by atomic mass is 32.2. The van der Waals surface area contributed by atoms with Gasteiger partial charge in [0.1, 0.15) is 0 Å². The monoisotopic (exact) mass is 169 g/mol. The number of rotatable bonds is 3. The first-order chi connectivity index (χ1) is 3.95. The summed E-state index contributed by atoms with van der Waals surface area (Å²) in [5.41, 5.74) is 0. The number of nitrogens with one attached hydrogen (secondary N) is 1. The zero-order chi connectivity index (χ0) is 7.49. The zero-order valence-electron chi connectivity index (χ0n) is 5.71. The van der Waals surface area contributed by atoms with Crippen molar-refractivity contribution in [3.63, 3.8) is 0 Å². The third-order valence-electron chi connectivity index (χ3n) is 0.726. The molecular weight excluding hydrogens is 158 g/mol. The van der Waals surface area contributed by atoms with Gasteiger partial charge in [0, 0.05) is 0 Å². The predicted molar refractivity (Wildman–Crippen MR) is 38.0 cm³/mol. The van der Waals surface area contributed by atoms with Crippen molar-refractivity contribution < 1.29 is 12.3 Å². The first-order valence-corrected chi connectivity index (χ1v) is 6.53. The molecule has 0 saturated heterocycles. The predicted octanol–water partition coefficient (Wildman–Crippen LogP) is -0.968. The number of hydrogen-bond donors (Lipinski definition) is 1. The molecule has 1 N–H and O–H groups in total. The van der Waals surface area contributed by atoms with Gasteiger partial charge in [-0.05, 0) is 13.6 Å². The Morgan fingerprint density at radius 3 is 2.11 bits per heavy atom. The quantitative estimate of drug-likeness (QED) is 0.552. The Bertz CT molecular complexity index is 166. The van der Waals surface area contributed by atoms with Gasteiger partial charge >= 0.3 is 0 Å². The molecule has 0 rings (SSSR count). The van der Waals surface area contributed by atoms with E-state index in [1.54, 1.807) is 13.6 Å². The highest BCUT2D eigenvalue weighted by Crippen LogP contribution is 1.87. The molecule has 0 saturated carbocycles. The van der Waals surface area contributed by atoms with E-state index in [0.29, 0.717) is 0 Å². The molecule has 1 atom stereocenters. The van der Waals surface area contributed by atoms with Crippen LogP contribution in [-0.2, 0) is 14.0 Å². The second-order valence-electron chi connectivity index (χ2n) is 1.73. The molecule has 0 aromatic rings. The van der Waals surface area contributed by atoms with Crippen LogP contribution in [0.4, 0.5) is 0 Å². The van der Waals surface area contributed by atoms with Crippen LogP contribution in [0.2, 0.25) is 6.55 Å². The normalized spacial score (nSPS) is 15.4. The van der Waals surface area contributed by atoms with Crippen LogP contribution >= 0.6 is 0 Å². The molecule has 56 valence electrons. The van der Waals surface area contributed by atoms with E-state index in [9.17, 15) is 8.42 Å². The van der Waals surface area contributed by atoms with E-state index in [0.717, 1.165) is 6.26 Å². The lowest BCUT2D eigenvalue weighted by Crippen LogP contribution is -2.32. The van der Waals surface area contributed by atoms with Gasteiger partial charge in [0.15, 0.2) is 0 Å². The zero-order valence-corrected chi connectivity index (χ0v) is 7.68. The Kier molecular flexibility index (Phi) is 3.34. The van der Waals surface area contributed by atoms with Gasteiger partial charge in [0.25, 0.3) is 19.3 Å². The fourth-order valence-corrected chi connectivity index (χ4v) is 2.79. The van der Waals surface area contributed by atoms with Crippen LogP contribution in [0, 0.1) is 0 Å². The Morgan fingerprint density at radius 1 is 1.56 bits per heavy atom. The van der Waals surface area contributed by atoms with E-state index in [1.807, 2.05) is 0 Å². The maximum Gasteiger partial charge on any atom is 0.271 e. The summed E-state index contributed by atoms with van der Waals surface area (Å²) < 4.78 is 25.3. The third kappa shape index (κ3) is 5.97. The minimum Gasteiger partial charge on any atom is -0.321 e. The van der Waals surface area contributed by atoms with Gasteiger partial charge in [-0.15, -0.1) is 0 Å². The molecule has 0 aromatic carbocycles. The van der Waals surface area contributed by atoms with Crippen molar-refractivity contribution in [2.24, 2.45) is 0 Å². The molecule has 9 heavy (non-hydrogen) atoms. The summed E-state index contributed by atoms with van der Waals surface area (Å²) in [7, 11) is -3.20. The Hall–Kier alpha value is 0.0869. The Balaban J connectivity index is 3.75. The lowest BCUT2D eigenvalue weighted by Gasteiger charge is -2.05. The molecule has 0 spiro atoms. The minimum atomic E-state index is -3.24. The fraction of sp³-hybridized carbons (Fsp3) is 1.00. The van der Waals surface area contributed by atoms with Crippen LogP contribution in [-0.4, -0.2) is 30.9 Å². The van der Waals surface area contributed by atoms with E-state index in [2.05, 4.69) is 8.85 Å². The van der Waals surface area contributed by atoms with E-state index in [-0.39, 0.29) is 0 Å². The van der Waals surface area contributed by atoms with Crippen molar-refractivity contribution in [3.8, 4) is 0 Å². The summed E-state index contributed by atoms with van der Waals surface area (Å²) in [5.74, 6) is 0. The van der Waals surface area contributed by atoms with Gasteiger partial charge in [0.2, 0.25) is 0 Å². The van der Waals surface area contributed by atoms with Gasteiger partial charge in [-0.25, -0.2) is 8.42 Å². The molecule has 1 unspecified atom stereocenters. The van der Waals surface area contributed by atoms with Crippen molar-refractivity contribution in [1.29, 1.82) is 0 Å². The van der Waals surface area contributed by atoms with E-state index in [4.69, 9.17) is 0 Å². The highest BCUT2D eigenvalue weighted by molar-refractivity contribution is 7.86. The Labute approximate surface area is 57.1 Å². The summed E-state index contributed by atoms with van der Waals surface area (Å²) >= 11 is 0. The molecule has 4 nitrogen and oxygen atoms in total. The molecule has 0 bridgehead atoms. The smallest absolute Gasteiger partial charge is 0.271 e. The standard InChI is InChI=1S/C3H11NO3SSi/c1-4-9(3)7-8(2,5)6/h4,9H,1-3H3. The van der Waals surface area contributed by atoms with Crippen molar-refractivity contribution in [2.75, 3.05) is 13.3 Å². The van der Waals surface area contributed by atoms with Crippen LogP contribution in [0.5, 0.6) is 0 Å². The fourth-order valence-electron chi connectivity index (χ4n) is 0.310. The molecule has 0 amide bonds. The van der Waals surface area contributed by atoms with Crippen LogP contribution < -0.4 is 4.98 Å². The molecule has 6 heteroatoms. The molecule has 0 radical (unpaired) electrons. The van der Waals surface area contributed by atoms with Gasteiger partial charge in [-0.2, -0.15) is 0 Å². The second kappa shape index (κ2) is 3.30. The molecule has 0 aliphatic heterocycles. The van der Waals surface area contributed by atoms with Crippen molar-refractivity contribution in [3.05, 3.63) is 0 Å². The summed E-state index contributed by atoms with van der Waals surface area (Å²) in [6, 6.07) is 0. The van der Waals surface area contributed by atoms with Crippen molar-refractivity contribution in [1.82, 2.24) is 4.98 Å². The maximum absolute atomic E-state index is 10.4. The summed E-state index contributed by atoms with van der Waals surface area (Å²) in [6.45, 7) is 1.75. The van der Waals surface area contributed by atoms with E-state index in [1.165, 1.54) is 0 Å². The largest absolute Gasteiger partial charge is 0.321 e. The molecule has 0 aliphatic carbocycles. The average Bonchev–Trinajstić information content (AvgIpc) is 1.62. The SMILES string of the molecule is CN[SiH](C)OS(C)(=O)=O. The molecule has 0 fully saturated rings. The summed E-state index contributed by atoms with van der Waals surface area (Å²) in [4.78, 5) is 2.76. The van der Waals surface area contributed by atoms with Crippen molar-refractivity contribution >= 4 is 19.3 Å². The van der Waals surface area contributed by atoms with Crippen LogP contribution in [0.3, 0.4) is 0 Å². The highest BCUT2D eigenvalue weighted by Gasteiger charge is 2.08. The molecule has 0 aromatic heterocycles.